The van der Waals surface area contributed by atoms with Crippen molar-refractivity contribution in [1.29, 1.82) is 0 Å². The standard InChI is InChI=1S/C12H18N4O3/c1-4-16(5-2)11(17)8-14-10-7-13-6-9(15-10)12(18)19-3/h6-7H,4-5,8H2,1-3H3,(H,14,15). The van der Waals surface area contributed by atoms with E-state index in [-0.39, 0.29) is 18.1 Å². The molecule has 104 valence electrons. The van der Waals surface area contributed by atoms with E-state index in [0.29, 0.717) is 18.9 Å². The van der Waals surface area contributed by atoms with Gasteiger partial charge in [0.1, 0.15) is 5.82 Å². The molecule has 0 unspecified atom stereocenters. The van der Waals surface area contributed by atoms with E-state index in [2.05, 4.69) is 20.0 Å². The van der Waals surface area contributed by atoms with Gasteiger partial charge in [0.2, 0.25) is 5.91 Å². The highest BCUT2D eigenvalue weighted by atomic mass is 16.5. The van der Waals surface area contributed by atoms with Crippen LogP contribution in [0, 0.1) is 0 Å². The molecule has 1 aromatic rings. The Hall–Kier alpha value is -2.18. The largest absolute Gasteiger partial charge is 0.464 e. The zero-order valence-electron chi connectivity index (χ0n) is 11.3. The van der Waals surface area contributed by atoms with E-state index in [9.17, 15) is 9.59 Å². The van der Waals surface area contributed by atoms with Gasteiger partial charge >= 0.3 is 5.97 Å². The van der Waals surface area contributed by atoms with E-state index in [4.69, 9.17) is 0 Å². The maximum absolute atomic E-state index is 11.8. The van der Waals surface area contributed by atoms with Crippen molar-refractivity contribution < 1.29 is 14.3 Å². The van der Waals surface area contributed by atoms with Crippen LogP contribution in [0.25, 0.3) is 0 Å². The number of esters is 1. The van der Waals surface area contributed by atoms with Gasteiger partial charge in [0.25, 0.3) is 0 Å². The molecule has 1 rings (SSSR count). The van der Waals surface area contributed by atoms with Crippen molar-refractivity contribution in [2.75, 3.05) is 32.1 Å². The summed E-state index contributed by atoms with van der Waals surface area (Å²) in [6.07, 6.45) is 2.76. The lowest BCUT2D eigenvalue weighted by Crippen LogP contribution is -2.35. The molecule has 0 saturated heterocycles. The molecule has 0 spiro atoms. The normalized spacial score (nSPS) is 9.84. The molecule has 1 N–H and O–H groups in total. The van der Waals surface area contributed by atoms with E-state index < -0.39 is 5.97 Å². The highest BCUT2D eigenvalue weighted by molar-refractivity contribution is 5.87. The number of hydrogen-bond acceptors (Lipinski definition) is 6. The van der Waals surface area contributed by atoms with Gasteiger partial charge in [0, 0.05) is 13.1 Å². The van der Waals surface area contributed by atoms with Gasteiger partial charge in [-0.25, -0.2) is 9.78 Å². The maximum Gasteiger partial charge on any atom is 0.358 e. The number of ether oxygens (including phenoxy) is 1. The summed E-state index contributed by atoms with van der Waals surface area (Å²) in [7, 11) is 1.27. The molecular weight excluding hydrogens is 248 g/mol. The Labute approximate surface area is 112 Å². The minimum Gasteiger partial charge on any atom is -0.464 e. The molecule has 0 saturated carbocycles. The number of rotatable bonds is 6. The fraction of sp³-hybridized carbons (Fsp3) is 0.500. The molecule has 0 aliphatic rings. The third-order valence-electron chi connectivity index (χ3n) is 2.57. The van der Waals surface area contributed by atoms with Crippen LogP contribution in [0.2, 0.25) is 0 Å². The minimum atomic E-state index is -0.564. The summed E-state index contributed by atoms with van der Waals surface area (Å²) in [4.78, 5) is 32.6. The predicted molar refractivity (Wildman–Crippen MR) is 69.8 cm³/mol. The molecule has 0 bridgehead atoms. The zero-order chi connectivity index (χ0) is 14.3. The Morgan fingerprint density at radius 1 is 1.32 bits per heavy atom. The summed E-state index contributed by atoms with van der Waals surface area (Å²) in [6, 6.07) is 0. The summed E-state index contributed by atoms with van der Waals surface area (Å²) >= 11 is 0. The predicted octanol–water partition coefficient (Wildman–Crippen LogP) is 0.543. The third kappa shape index (κ3) is 4.20. The summed E-state index contributed by atoms with van der Waals surface area (Å²) in [6.45, 7) is 5.26. The van der Waals surface area contributed by atoms with E-state index >= 15 is 0 Å². The molecule has 0 radical (unpaired) electrons. The summed E-state index contributed by atoms with van der Waals surface area (Å²) in [5, 5.41) is 2.84. The molecule has 7 heteroatoms. The number of methoxy groups -OCH3 is 1. The lowest BCUT2D eigenvalue weighted by molar-refractivity contribution is -0.128. The first kappa shape index (κ1) is 14.9. The van der Waals surface area contributed by atoms with Crippen LogP contribution >= 0.6 is 0 Å². The van der Waals surface area contributed by atoms with Gasteiger partial charge in [0.05, 0.1) is 26.0 Å². The number of likely N-dealkylation sites (N-methyl/N-ethyl adjacent to an activating group) is 1. The molecule has 0 aliphatic heterocycles. The van der Waals surface area contributed by atoms with E-state index in [1.165, 1.54) is 19.5 Å². The first-order valence-corrected chi connectivity index (χ1v) is 6.04. The molecule has 0 aromatic carbocycles. The molecule has 1 aromatic heterocycles. The van der Waals surface area contributed by atoms with Crippen LogP contribution in [0.1, 0.15) is 24.3 Å². The van der Waals surface area contributed by atoms with Crippen LogP contribution in [0.5, 0.6) is 0 Å². The van der Waals surface area contributed by atoms with Crippen molar-refractivity contribution in [2.24, 2.45) is 0 Å². The second kappa shape index (κ2) is 7.30. The third-order valence-corrected chi connectivity index (χ3v) is 2.57. The molecule has 7 nitrogen and oxygen atoms in total. The molecule has 1 heterocycles. The zero-order valence-corrected chi connectivity index (χ0v) is 11.3. The van der Waals surface area contributed by atoms with Crippen molar-refractivity contribution in [2.45, 2.75) is 13.8 Å². The second-order valence-corrected chi connectivity index (χ2v) is 3.70. The van der Waals surface area contributed by atoms with Crippen LogP contribution in [-0.4, -0.2) is 53.5 Å². The Morgan fingerprint density at radius 3 is 2.58 bits per heavy atom. The molecule has 0 aliphatic carbocycles. The van der Waals surface area contributed by atoms with Gasteiger partial charge < -0.3 is 15.0 Å². The summed E-state index contributed by atoms with van der Waals surface area (Å²) in [5.74, 6) is -0.232. The minimum absolute atomic E-state index is 0.0322. The van der Waals surface area contributed by atoms with Crippen LogP contribution in [0.3, 0.4) is 0 Å². The van der Waals surface area contributed by atoms with Gasteiger partial charge in [-0.05, 0) is 13.8 Å². The molecular formula is C12H18N4O3. The number of nitrogens with one attached hydrogen (secondary N) is 1. The van der Waals surface area contributed by atoms with Crippen molar-refractivity contribution in [1.82, 2.24) is 14.9 Å². The van der Waals surface area contributed by atoms with E-state index in [0.717, 1.165) is 0 Å². The Kier molecular flexibility index (Phi) is 5.72. The van der Waals surface area contributed by atoms with Gasteiger partial charge in [0.15, 0.2) is 5.69 Å². The number of nitrogens with zero attached hydrogens (tertiary/aromatic N) is 3. The molecule has 19 heavy (non-hydrogen) atoms. The van der Waals surface area contributed by atoms with Crippen LogP contribution < -0.4 is 5.32 Å². The second-order valence-electron chi connectivity index (χ2n) is 3.70. The first-order valence-electron chi connectivity index (χ1n) is 6.04. The SMILES string of the molecule is CCN(CC)C(=O)CNc1cncc(C(=O)OC)n1. The van der Waals surface area contributed by atoms with Crippen molar-refractivity contribution in [3.8, 4) is 0 Å². The van der Waals surface area contributed by atoms with Gasteiger partial charge in [-0.15, -0.1) is 0 Å². The van der Waals surface area contributed by atoms with Gasteiger partial charge in [-0.3, -0.25) is 9.78 Å². The number of hydrogen-bond donors (Lipinski definition) is 1. The first-order chi connectivity index (χ1) is 9.12. The lowest BCUT2D eigenvalue weighted by Gasteiger charge is -2.18. The average molecular weight is 266 g/mol. The molecule has 0 atom stereocenters. The number of carbonyl (C=O) groups excluding carboxylic acids is 2. The summed E-state index contributed by atoms with van der Waals surface area (Å²) < 4.78 is 4.55. The highest BCUT2D eigenvalue weighted by Crippen LogP contribution is 2.03. The van der Waals surface area contributed by atoms with E-state index in [1.54, 1.807) is 4.90 Å². The quantitative estimate of drug-likeness (QED) is 0.757. The molecule has 0 fully saturated rings. The van der Waals surface area contributed by atoms with Gasteiger partial charge in [-0.1, -0.05) is 0 Å². The Balaban J connectivity index is 2.63. The van der Waals surface area contributed by atoms with Crippen molar-refractivity contribution in [3.05, 3.63) is 18.1 Å². The maximum atomic E-state index is 11.8. The summed E-state index contributed by atoms with van der Waals surface area (Å²) in [5.41, 5.74) is 0.0998. The van der Waals surface area contributed by atoms with Crippen LogP contribution in [-0.2, 0) is 9.53 Å². The van der Waals surface area contributed by atoms with Crippen molar-refractivity contribution >= 4 is 17.7 Å². The van der Waals surface area contributed by atoms with Crippen LogP contribution in [0.4, 0.5) is 5.82 Å². The monoisotopic (exact) mass is 266 g/mol. The Bertz CT molecular complexity index is 446. The fourth-order valence-electron chi connectivity index (χ4n) is 1.51. The number of aromatic nitrogens is 2. The lowest BCUT2D eigenvalue weighted by atomic mass is 10.4. The van der Waals surface area contributed by atoms with Crippen LogP contribution in [0.15, 0.2) is 12.4 Å². The smallest absolute Gasteiger partial charge is 0.358 e. The van der Waals surface area contributed by atoms with E-state index in [1.807, 2.05) is 13.8 Å². The van der Waals surface area contributed by atoms with Gasteiger partial charge in [-0.2, -0.15) is 0 Å². The number of carbonyl (C=O) groups is 2. The fourth-order valence-corrected chi connectivity index (χ4v) is 1.51. The van der Waals surface area contributed by atoms with Crippen molar-refractivity contribution in [3.63, 3.8) is 0 Å². The number of anilines is 1. The Morgan fingerprint density at radius 2 is 2.00 bits per heavy atom. The average Bonchev–Trinajstić information content (AvgIpc) is 2.45. The number of amides is 1. The molecule has 1 amide bonds. The topological polar surface area (TPSA) is 84.4 Å². The highest BCUT2D eigenvalue weighted by Gasteiger charge is 2.11.